The summed E-state index contributed by atoms with van der Waals surface area (Å²) < 4.78 is 5.04. The molecule has 2 aromatic rings. The van der Waals surface area contributed by atoms with Crippen LogP contribution in [0, 0.1) is 11.8 Å². The summed E-state index contributed by atoms with van der Waals surface area (Å²) in [6, 6.07) is 10.3. The molecule has 0 unspecified atom stereocenters. The average Bonchev–Trinajstić information content (AvgIpc) is 3.28. The Kier molecular flexibility index (Phi) is 6.61. The van der Waals surface area contributed by atoms with Gasteiger partial charge in [-0.1, -0.05) is 6.42 Å². The number of hydrogen-bond acceptors (Lipinski definition) is 4. The smallest absolute Gasteiger partial charge is 0.291 e. The largest absolute Gasteiger partial charge is 0.459 e. The summed E-state index contributed by atoms with van der Waals surface area (Å²) >= 11 is 0. The number of rotatable bonds is 5. The maximum atomic E-state index is 12.4. The number of halogens is 1. The summed E-state index contributed by atoms with van der Waals surface area (Å²) in [4.78, 5) is 24.2. The van der Waals surface area contributed by atoms with E-state index in [0.717, 1.165) is 19.3 Å². The van der Waals surface area contributed by atoms with Gasteiger partial charge in [0.05, 0.1) is 6.26 Å². The third-order valence-electron chi connectivity index (χ3n) is 4.45. The topological polar surface area (TPSA) is 97.4 Å². The van der Waals surface area contributed by atoms with Crippen LogP contribution in [0.3, 0.4) is 0 Å². The summed E-state index contributed by atoms with van der Waals surface area (Å²) in [6.07, 6.45) is 4.42. The van der Waals surface area contributed by atoms with Gasteiger partial charge in [0.25, 0.3) is 5.91 Å². The first-order chi connectivity index (χ1) is 11.7. The standard InChI is InChI=1S/C18H21N3O3.ClH/c19-11-12-3-1-4-15(12)17(22)20-13-6-8-14(9-7-13)21-18(23)16-5-2-10-24-16;/h2,5-10,12,15H,1,3-4,11,19H2,(H,20,22)(H,21,23);1H/t12-,15-;/m1./s1. The molecule has 1 heterocycles. The molecule has 0 aliphatic heterocycles. The number of amides is 2. The minimum absolute atomic E-state index is 0. The molecule has 7 heteroatoms. The van der Waals surface area contributed by atoms with Crippen molar-refractivity contribution in [2.45, 2.75) is 19.3 Å². The number of hydrogen-bond donors (Lipinski definition) is 3. The monoisotopic (exact) mass is 363 g/mol. The van der Waals surface area contributed by atoms with Crippen molar-refractivity contribution in [3.05, 3.63) is 48.4 Å². The molecule has 2 atom stereocenters. The van der Waals surface area contributed by atoms with Gasteiger partial charge in [-0.2, -0.15) is 0 Å². The lowest BCUT2D eigenvalue weighted by atomic mass is 9.95. The molecule has 25 heavy (non-hydrogen) atoms. The van der Waals surface area contributed by atoms with E-state index in [4.69, 9.17) is 10.2 Å². The van der Waals surface area contributed by atoms with Gasteiger partial charge in [0.15, 0.2) is 5.76 Å². The number of carbonyl (C=O) groups excluding carboxylic acids is 2. The summed E-state index contributed by atoms with van der Waals surface area (Å²) in [5.41, 5.74) is 7.08. The molecular weight excluding hydrogens is 342 g/mol. The van der Waals surface area contributed by atoms with Crippen molar-refractivity contribution in [2.75, 3.05) is 17.2 Å². The highest BCUT2D eigenvalue weighted by Crippen LogP contribution is 2.31. The summed E-state index contributed by atoms with van der Waals surface area (Å²) in [5.74, 6) is 0.232. The second-order valence-corrected chi connectivity index (χ2v) is 6.03. The molecule has 0 radical (unpaired) electrons. The van der Waals surface area contributed by atoms with Crippen molar-refractivity contribution in [3.63, 3.8) is 0 Å². The average molecular weight is 364 g/mol. The predicted molar refractivity (Wildman–Crippen MR) is 98.9 cm³/mol. The van der Waals surface area contributed by atoms with Crippen molar-refractivity contribution in [2.24, 2.45) is 17.6 Å². The number of furan rings is 1. The van der Waals surface area contributed by atoms with Crippen LogP contribution in [-0.2, 0) is 4.79 Å². The first kappa shape index (κ1) is 19.0. The van der Waals surface area contributed by atoms with Crippen LogP contribution >= 0.6 is 12.4 Å². The van der Waals surface area contributed by atoms with E-state index in [9.17, 15) is 9.59 Å². The Balaban J connectivity index is 0.00000225. The Hall–Kier alpha value is -2.31. The SMILES string of the molecule is Cl.NC[C@H]1CCC[C@H]1C(=O)Nc1ccc(NC(=O)c2ccco2)cc1. The van der Waals surface area contributed by atoms with Gasteiger partial charge in [0.2, 0.25) is 5.91 Å². The van der Waals surface area contributed by atoms with E-state index in [1.807, 2.05) is 0 Å². The molecule has 6 nitrogen and oxygen atoms in total. The van der Waals surface area contributed by atoms with Gasteiger partial charge in [0, 0.05) is 17.3 Å². The van der Waals surface area contributed by atoms with E-state index in [1.54, 1.807) is 36.4 Å². The van der Waals surface area contributed by atoms with E-state index < -0.39 is 0 Å². The Morgan fingerprint density at radius 1 is 1.08 bits per heavy atom. The second kappa shape index (κ2) is 8.69. The van der Waals surface area contributed by atoms with Crippen LogP contribution in [0.2, 0.25) is 0 Å². The summed E-state index contributed by atoms with van der Waals surface area (Å²) in [6.45, 7) is 0.551. The van der Waals surface area contributed by atoms with Crippen molar-refractivity contribution in [1.82, 2.24) is 0 Å². The van der Waals surface area contributed by atoms with Crippen molar-refractivity contribution in [1.29, 1.82) is 0 Å². The molecular formula is C18H22ClN3O3. The van der Waals surface area contributed by atoms with Crippen LogP contribution < -0.4 is 16.4 Å². The van der Waals surface area contributed by atoms with Crippen molar-refractivity contribution in [3.8, 4) is 0 Å². The Bertz CT molecular complexity index is 701. The van der Waals surface area contributed by atoms with Crippen LogP contribution in [0.1, 0.15) is 29.8 Å². The zero-order valence-electron chi connectivity index (χ0n) is 13.7. The van der Waals surface area contributed by atoms with E-state index in [1.165, 1.54) is 6.26 Å². The van der Waals surface area contributed by atoms with E-state index >= 15 is 0 Å². The Morgan fingerprint density at radius 2 is 1.76 bits per heavy atom. The highest BCUT2D eigenvalue weighted by Gasteiger charge is 2.31. The summed E-state index contributed by atoms with van der Waals surface area (Å²) in [7, 11) is 0. The quantitative estimate of drug-likeness (QED) is 0.759. The fraction of sp³-hybridized carbons (Fsp3) is 0.333. The molecule has 1 fully saturated rings. The maximum absolute atomic E-state index is 12.4. The van der Waals surface area contributed by atoms with E-state index in [-0.39, 0.29) is 41.8 Å². The Morgan fingerprint density at radius 3 is 2.36 bits per heavy atom. The van der Waals surface area contributed by atoms with Gasteiger partial charge < -0.3 is 20.8 Å². The predicted octanol–water partition coefficient (Wildman–Crippen LogP) is 3.27. The fourth-order valence-electron chi connectivity index (χ4n) is 3.14. The molecule has 0 bridgehead atoms. The zero-order chi connectivity index (χ0) is 16.9. The first-order valence-corrected chi connectivity index (χ1v) is 8.13. The number of carbonyl (C=O) groups is 2. The van der Waals surface area contributed by atoms with Crippen LogP contribution in [-0.4, -0.2) is 18.4 Å². The third-order valence-corrected chi connectivity index (χ3v) is 4.45. The molecule has 0 spiro atoms. The Labute approximate surface area is 152 Å². The molecule has 0 saturated heterocycles. The summed E-state index contributed by atoms with van der Waals surface area (Å²) in [5, 5.41) is 5.66. The lowest BCUT2D eigenvalue weighted by Crippen LogP contribution is -2.29. The third kappa shape index (κ3) is 4.61. The van der Waals surface area contributed by atoms with Gasteiger partial charge in [-0.25, -0.2) is 0 Å². The number of nitrogens with two attached hydrogens (primary N) is 1. The minimum Gasteiger partial charge on any atom is -0.459 e. The highest BCUT2D eigenvalue weighted by atomic mass is 35.5. The van der Waals surface area contributed by atoms with Gasteiger partial charge in [-0.15, -0.1) is 12.4 Å². The van der Waals surface area contributed by atoms with Gasteiger partial charge >= 0.3 is 0 Å². The lowest BCUT2D eigenvalue weighted by Gasteiger charge is -2.17. The molecule has 1 aliphatic rings. The lowest BCUT2D eigenvalue weighted by molar-refractivity contribution is -0.120. The van der Waals surface area contributed by atoms with Crippen LogP contribution in [0.4, 0.5) is 11.4 Å². The second-order valence-electron chi connectivity index (χ2n) is 6.03. The van der Waals surface area contributed by atoms with Crippen LogP contribution in [0.15, 0.2) is 47.1 Å². The van der Waals surface area contributed by atoms with Crippen LogP contribution in [0.25, 0.3) is 0 Å². The first-order valence-electron chi connectivity index (χ1n) is 8.13. The molecule has 1 aromatic heterocycles. The van der Waals surface area contributed by atoms with Gasteiger partial charge in [0.1, 0.15) is 0 Å². The fourth-order valence-corrected chi connectivity index (χ4v) is 3.14. The molecule has 3 rings (SSSR count). The normalized spacial score (nSPS) is 19.1. The zero-order valence-corrected chi connectivity index (χ0v) is 14.6. The van der Waals surface area contributed by atoms with Gasteiger partial charge in [-0.05, 0) is 61.7 Å². The maximum Gasteiger partial charge on any atom is 0.291 e. The molecule has 1 aliphatic carbocycles. The number of anilines is 2. The molecule has 2 amide bonds. The molecule has 1 saturated carbocycles. The minimum atomic E-state index is -0.312. The van der Waals surface area contributed by atoms with E-state index in [0.29, 0.717) is 17.9 Å². The highest BCUT2D eigenvalue weighted by molar-refractivity contribution is 6.02. The molecule has 1 aromatic carbocycles. The van der Waals surface area contributed by atoms with Crippen molar-refractivity contribution >= 4 is 35.6 Å². The van der Waals surface area contributed by atoms with Gasteiger partial charge in [-0.3, -0.25) is 9.59 Å². The van der Waals surface area contributed by atoms with Crippen LogP contribution in [0.5, 0.6) is 0 Å². The number of benzene rings is 1. The molecule has 134 valence electrons. The van der Waals surface area contributed by atoms with Crippen molar-refractivity contribution < 1.29 is 14.0 Å². The van der Waals surface area contributed by atoms with E-state index in [2.05, 4.69) is 10.6 Å². The number of nitrogens with one attached hydrogen (secondary N) is 2. The molecule has 4 N–H and O–H groups in total.